The molecule has 31 heavy (non-hydrogen) atoms. The van der Waals surface area contributed by atoms with Crippen LogP contribution in [-0.4, -0.2) is 50.2 Å². The van der Waals surface area contributed by atoms with Crippen molar-refractivity contribution >= 4 is 17.7 Å². The van der Waals surface area contributed by atoms with Crippen molar-refractivity contribution < 1.29 is 9.53 Å². The molecule has 1 atom stereocenters. The van der Waals surface area contributed by atoms with Crippen LogP contribution in [0.15, 0.2) is 53.8 Å². The van der Waals surface area contributed by atoms with Crippen molar-refractivity contribution in [2.75, 3.05) is 18.9 Å². The molecule has 0 saturated carbocycles. The first-order chi connectivity index (χ1) is 15.2. The van der Waals surface area contributed by atoms with Crippen molar-refractivity contribution in [2.24, 2.45) is 7.05 Å². The van der Waals surface area contributed by atoms with Crippen molar-refractivity contribution in [1.82, 2.24) is 24.6 Å². The Morgan fingerprint density at radius 2 is 2.10 bits per heavy atom. The van der Waals surface area contributed by atoms with Crippen LogP contribution in [0, 0.1) is 0 Å². The molecule has 2 aromatic heterocycles. The first-order valence-corrected chi connectivity index (χ1v) is 11.7. The van der Waals surface area contributed by atoms with Gasteiger partial charge >= 0.3 is 0 Å². The Bertz CT molecular complexity index is 979. The van der Waals surface area contributed by atoms with Crippen LogP contribution in [0.3, 0.4) is 0 Å². The van der Waals surface area contributed by atoms with E-state index in [1.54, 1.807) is 0 Å². The Kier molecular flexibility index (Phi) is 7.43. The highest BCUT2D eigenvalue weighted by atomic mass is 32.2. The lowest BCUT2D eigenvalue weighted by atomic mass is 10.1. The minimum atomic E-state index is 0.00194. The summed E-state index contributed by atoms with van der Waals surface area (Å²) in [4.78, 5) is 12.3. The van der Waals surface area contributed by atoms with Crippen LogP contribution < -0.4 is 5.32 Å². The number of thioether (sulfide) groups is 1. The Morgan fingerprint density at radius 3 is 2.84 bits per heavy atom. The standard InChI is InChI=1S/C23H29N5O2S/c1-27-12-5-9-19(27)15-21-25-26-23(28(21)13-11-18-7-3-2-4-8-18)31-17-22(29)24-16-20-10-6-14-30-20/h2-5,7-9,12,20H,6,10-11,13-17H2,1H3,(H,24,29)/t20-/m1/s1. The summed E-state index contributed by atoms with van der Waals surface area (Å²) < 4.78 is 9.82. The van der Waals surface area contributed by atoms with Gasteiger partial charge in [0, 0.05) is 45.1 Å². The molecular formula is C23H29N5O2S. The number of nitrogens with one attached hydrogen (secondary N) is 1. The predicted octanol–water partition coefficient (Wildman–Crippen LogP) is 2.84. The number of amides is 1. The summed E-state index contributed by atoms with van der Waals surface area (Å²) in [6, 6.07) is 14.5. The van der Waals surface area contributed by atoms with Crippen LogP contribution in [0.5, 0.6) is 0 Å². The molecule has 8 heteroatoms. The molecule has 1 N–H and O–H groups in total. The highest BCUT2D eigenvalue weighted by Gasteiger charge is 2.18. The molecule has 3 aromatic rings. The molecule has 1 aliphatic rings. The molecule has 164 valence electrons. The van der Waals surface area contributed by atoms with Crippen molar-refractivity contribution in [3.8, 4) is 0 Å². The van der Waals surface area contributed by atoms with Gasteiger partial charge in [0.2, 0.25) is 5.91 Å². The summed E-state index contributed by atoms with van der Waals surface area (Å²) in [7, 11) is 2.04. The highest BCUT2D eigenvalue weighted by molar-refractivity contribution is 7.99. The Labute approximate surface area is 187 Å². The topological polar surface area (TPSA) is 74.0 Å². The zero-order valence-corrected chi connectivity index (χ0v) is 18.7. The van der Waals surface area contributed by atoms with Gasteiger partial charge in [-0.2, -0.15) is 0 Å². The molecule has 3 heterocycles. The Morgan fingerprint density at radius 1 is 1.23 bits per heavy atom. The molecular weight excluding hydrogens is 410 g/mol. The van der Waals surface area contributed by atoms with Gasteiger partial charge in [-0.15, -0.1) is 10.2 Å². The number of carbonyl (C=O) groups is 1. The molecule has 7 nitrogen and oxygen atoms in total. The van der Waals surface area contributed by atoms with E-state index < -0.39 is 0 Å². The van der Waals surface area contributed by atoms with Gasteiger partial charge in [0.1, 0.15) is 5.82 Å². The van der Waals surface area contributed by atoms with E-state index in [1.807, 2.05) is 25.4 Å². The monoisotopic (exact) mass is 439 g/mol. The molecule has 0 aliphatic carbocycles. The summed E-state index contributed by atoms with van der Waals surface area (Å²) >= 11 is 1.44. The van der Waals surface area contributed by atoms with Gasteiger partial charge in [-0.05, 0) is 37.0 Å². The third-order valence-corrected chi connectivity index (χ3v) is 6.50. The predicted molar refractivity (Wildman–Crippen MR) is 121 cm³/mol. The fourth-order valence-electron chi connectivity index (χ4n) is 3.72. The fourth-order valence-corrected chi connectivity index (χ4v) is 4.54. The lowest BCUT2D eigenvalue weighted by Crippen LogP contribution is -2.33. The van der Waals surface area contributed by atoms with Crippen LogP contribution in [0.1, 0.15) is 29.9 Å². The van der Waals surface area contributed by atoms with Gasteiger partial charge in [-0.3, -0.25) is 4.79 Å². The largest absolute Gasteiger partial charge is 0.376 e. The lowest BCUT2D eigenvalue weighted by molar-refractivity contribution is -0.119. The Balaban J connectivity index is 1.41. The molecule has 0 spiro atoms. The van der Waals surface area contributed by atoms with E-state index in [0.717, 1.165) is 43.4 Å². The smallest absolute Gasteiger partial charge is 0.230 e. The summed E-state index contributed by atoms with van der Waals surface area (Å²) in [5, 5.41) is 12.6. The third-order valence-electron chi connectivity index (χ3n) is 5.53. The van der Waals surface area contributed by atoms with Gasteiger partial charge < -0.3 is 19.2 Å². The van der Waals surface area contributed by atoms with Crippen LogP contribution >= 0.6 is 11.8 Å². The number of hydrogen-bond acceptors (Lipinski definition) is 5. The maximum atomic E-state index is 12.3. The van der Waals surface area contributed by atoms with Crippen molar-refractivity contribution in [3.05, 3.63) is 65.7 Å². The van der Waals surface area contributed by atoms with Crippen LogP contribution in [0.4, 0.5) is 0 Å². The van der Waals surface area contributed by atoms with E-state index in [9.17, 15) is 4.79 Å². The number of nitrogens with zero attached hydrogens (tertiary/aromatic N) is 4. The van der Waals surface area contributed by atoms with E-state index in [-0.39, 0.29) is 12.0 Å². The molecule has 1 amide bonds. The van der Waals surface area contributed by atoms with E-state index in [0.29, 0.717) is 18.7 Å². The van der Waals surface area contributed by atoms with Gasteiger partial charge in [0.15, 0.2) is 5.16 Å². The SMILES string of the molecule is Cn1cccc1Cc1nnc(SCC(=O)NC[C@H]2CCCO2)n1CCc1ccccc1. The minimum Gasteiger partial charge on any atom is -0.376 e. The number of rotatable bonds is 10. The molecule has 0 bridgehead atoms. The van der Waals surface area contributed by atoms with Crippen LogP contribution in [0.2, 0.25) is 0 Å². The first-order valence-electron chi connectivity index (χ1n) is 10.8. The van der Waals surface area contributed by atoms with Gasteiger partial charge in [-0.25, -0.2) is 0 Å². The first kappa shape index (κ1) is 21.6. The van der Waals surface area contributed by atoms with E-state index >= 15 is 0 Å². The van der Waals surface area contributed by atoms with Gasteiger partial charge in [0.05, 0.1) is 11.9 Å². The second kappa shape index (κ2) is 10.6. The van der Waals surface area contributed by atoms with Gasteiger partial charge in [-0.1, -0.05) is 42.1 Å². The zero-order valence-electron chi connectivity index (χ0n) is 17.9. The number of aromatic nitrogens is 4. The number of carbonyl (C=O) groups excluding carboxylic acids is 1. The van der Waals surface area contributed by atoms with E-state index in [2.05, 4.69) is 55.0 Å². The number of benzene rings is 1. The summed E-state index contributed by atoms with van der Waals surface area (Å²) in [5.41, 5.74) is 2.45. The highest BCUT2D eigenvalue weighted by Crippen LogP contribution is 2.20. The third kappa shape index (κ3) is 5.98. The lowest BCUT2D eigenvalue weighted by Gasteiger charge is -2.12. The number of ether oxygens (including phenoxy) is 1. The second-order valence-electron chi connectivity index (χ2n) is 7.80. The molecule has 4 rings (SSSR count). The normalized spacial score (nSPS) is 16.0. The van der Waals surface area contributed by atoms with Crippen LogP contribution in [0.25, 0.3) is 0 Å². The molecule has 0 unspecified atom stereocenters. The van der Waals surface area contributed by atoms with E-state index in [4.69, 9.17) is 4.74 Å². The average Bonchev–Trinajstić information content (AvgIpc) is 3.53. The van der Waals surface area contributed by atoms with Gasteiger partial charge in [0.25, 0.3) is 0 Å². The van der Waals surface area contributed by atoms with Crippen LogP contribution in [-0.2, 0) is 36.0 Å². The maximum absolute atomic E-state index is 12.3. The minimum absolute atomic E-state index is 0.00194. The fraction of sp³-hybridized carbons (Fsp3) is 0.435. The van der Waals surface area contributed by atoms with Crippen molar-refractivity contribution in [3.63, 3.8) is 0 Å². The van der Waals surface area contributed by atoms with Crippen molar-refractivity contribution in [1.29, 1.82) is 0 Å². The average molecular weight is 440 g/mol. The summed E-state index contributed by atoms with van der Waals surface area (Å²) in [6.07, 6.45) is 5.87. The molecule has 1 aliphatic heterocycles. The number of hydrogen-bond donors (Lipinski definition) is 1. The summed E-state index contributed by atoms with van der Waals surface area (Å²) in [6.45, 7) is 2.15. The number of aryl methyl sites for hydroxylation is 2. The molecule has 1 saturated heterocycles. The quantitative estimate of drug-likeness (QED) is 0.492. The zero-order chi connectivity index (χ0) is 21.5. The maximum Gasteiger partial charge on any atom is 0.230 e. The Hall–Kier alpha value is -2.58. The molecule has 0 radical (unpaired) electrons. The molecule has 1 aromatic carbocycles. The summed E-state index contributed by atoms with van der Waals surface area (Å²) in [5.74, 6) is 1.24. The second-order valence-corrected chi connectivity index (χ2v) is 8.74. The molecule has 1 fully saturated rings. The van der Waals surface area contributed by atoms with E-state index in [1.165, 1.54) is 23.0 Å². The van der Waals surface area contributed by atoms with Crippen molar-refractivity contribution in [2.45, 2.75) is 43.5 Å².